The molecule has 0 unspecified atom stereocenters. The van der Waals surface area contributed by atoms with Crippen LogP contribution in [0, 0.1) is 6.92 Å². The number of fused-ring (bicyclic) bond motifs is 1. The van der Waals surface area contributed by atoms with E-state index in [1.807, 2.05) is 67.6 Å². The van der Waals surface area contributed by atoms with Crippen molar-refractivity contribution in [2.75, 3.05) is 7.11 Å². The maximum absolute atomic E-state index is 12.9. The van der Waals surface area contributed by atoms with Crippen LogP contribution in [0.25, 0.3) is 22.0 Å². The van der Waals surface area contributed by atoms with E-state index in [4.69, 9.17) is 4.74 Å². The van der Waals surface area contributed by atoms with Gasteiger partial charge in [0.05, 0.1) is 24.4 Å². The molecule has 7 nitrogen and oxygen atoms in total. The number of nitrogens with zero attached hydrogens (tertiary/aromatic N) is 3. The molecule has 0 aliphatic carbocycles. The van der Waals surface area contributed by atoms with Crippen LogP contribution in [0.5, 0.6) is 5.75 Å². The highest BCUT2D eigenvalue weighted by molar-refractivity contribution is 5.94. The van der Waals surface area contributed by atoms with Gasteiger partial charge >= 0.3 is 0 Å². The van der Waals surface area contributed by atoms with Crippen LogP contribution in [0.2, 0.25) is 0 Å². The number of ether oxygens (including phenoxy) is 1. The van der Waals surface area contributed by atoms with Crippen molar-refractivity contribution >= 4 is 22.9 Å². The molecule has 1 N–H and O–H groups in total. The third-order valence-electron chi connectivity index (χ3n) is 5.00. The summed E-state index contributed by atoms with van der Waals surface area (Å²) in [5.74, 6) is 0.274. The molecule has 3 aromatic carbocycles. The molecule has 0 aliphatic heterocycles. The summed E-state index contributed by atoms with van der Waals surface area (Å²) in [6, 6.07) is 22.3. The van der Waals surface area contributed by atoms with Gasteiger partial charge in [-0.3, -0.25) is 9.59 Å². The quantitative estimate of drug-likeness (QED) is 0.378. The Morgan fingerprint density at radius 1 is 1.03 bits per heavy atom. The molecule has 0 spiro atoms. The van der Waals surface area contributed by atoms with E-state index < -0.39 is 5.91 Å². The molecule has 0 radical (unpaired) electrons. The lowest BCUT2D eigenvalue weighted by Crippen LogP contribution is -2.32. The number of benzene rings is 3. The summed E-state index contributed by atoms with van der Waals surface area (Å²) in [7, 11) is 1.60. The number of hydrogen-bond acceptors (Lipinski definition) is 5. The Bertz CT molecular complexity index is 1340. The fraction of sp³-hybridized carbons (Fsp3) is 0.120. The first-order valence-electron chi connectivity index (χ1n) is 10.1. The zero-order valence-corrected chi connectivity index (χ0v) is 17.8. The minimum Gasteiger partial charge on any atom is -0.497 e. The van der Waals surface area contributed by atoms with Crippen molar-refractivity contribution in [2.45, 2.75) is 13.5 Å². The fourth-order valence-corrected chi connectivity index (χ4v) is 3.31. The molecule has 4 aromatic rings. The van der Waals surface area contributed by atoms with Crippen LogP contribution in [0.15, 0.2) is 82.7 Å². The van der Waals surface area contributed by atoms with Crippen molar-refractivity contribution in [3.05, 3.63) is 94.3 Å². The van der Waals surface area contributed by atoms with Crippen molar-refractivity contribution < 1.29 is 9.53 Å². The third-order valence-corrected chi connectivity index (χ3v) is 5.00. The second-order valence-corrected chi connectivity index (χ2v) is 7.29. The van der Waals surface area contributed by atoms with E-state index in [1.54, 1.807) is 25.5 Å². The number of methoxy groups -OCH3 is 1. The minimum absolute atomic E-state index is 0.252. The highest BCUT2D eigenvalue weighted by Gasteiger charge is 2.14. The van der Waals surface area contributed by atoms with Gasteiger partial charge in [0.2, 0.25) is 0 Å². The maximum Gasteiger partial charge on any atom is 0.275 e. The topological polar surface area (TPSA) is 85.6 Å². The molecular weight excluding hydrogens is 404 g/mol. The molecule has 0 aliphatic rings. The fourth-order valence-electron chi connectivity index (χ4n) is 3.31. The SMILES string of the molecule is COc1ccc(-c2nn(CC(=O)N/N=C/c3ccc(C)cc3)c(=O)c3ccccc23)cc1. The summed E-state index contributed by atoms with van der Waals surface area (Å²) in [6.45, 7) is 1.75. The molecule has 7 heteroatoms. The van der Waals surface area contributed by atoms with Gasteiger partial charge in [-0.1, -0.05) is 48.0 Å². The summed E-state index contributed by atoms with van der Waals surface area (Å²) >= 11 is 0. The number of aromatic nitrogens is 2. The number of carbonyl (C=O) groups excluding carboxylic acids is 1. The molecule has 0 fully saturated rings. The van der Waals surface area contributed by atoms with E-state index in [-0.39, 0.29) is 12.1 Å². The first-order chi connectivity index (χ1) is 15.5. The highest BCUT2D eigenvalue weighted by Crippen LogP contribution is 2.26. The predicted octanol–water partition coefficient (Wildman–Crippen LogP) is 3.53. The minimum atomic E-state index is -0.445. The van der Waals surface area contributed by atoms with Crippen molar-refractivity contribution in [3.8, 4) is 17.0 Å². The molecule has 1 aromatic heterocycles. The molecule has 1 amide bonds. The average Bonchev–Trinajstić information content (AvgIpc) is 2.82. The summed E-state index contributed by atoms with van der Waals surface area (Å²) in [6.07, 6.45) is 1.55. The third kappa shape index (κ3) is 4.57. The van der Waals surface area contributed by atoms with E-state index in [1.165, 1.54) is 4.68 Å². The summed E-state index contributed by atoms with van der Waals surface area (Å²) < 4.78 is 6.39. The van der Waals surface area contributed by atoms with Gasteiger partial charge in [-0.25, -0.2) is 10.1 Å². The van der Waals surface area contributed by atoms with Crippen molar-refractivity contribution in [1.29, 1.82) is 0 Å². The Balaban J connectivity index is 1.62. The van der Waals surface area contributed by atoms with Gasteiger partial charge in [0.25, 0.3) is 11.5 Å². The van der Waals surface area contributed by atoms with Gasteiger partial charge in [0.15, 0.2) is 0 Å². The van der Waals surface area contributed by atoms with Crippen LogP contribution in [0.3, 0.4) is 0 Å². The zero-order chi connectivity index (χ0) is 22.5. The normalized spacial score (nSPS) is 11.1. The number of nitrogens with one attached hydrogen (secondary N) is 1. The van der Waals surface area contributed by atoms with E-state index in [9.17, 15) is 9.59 Å². The first-order valence-corrected chi connectivity index (χ1v) is 10.1. The summed E-state index contributed by atoms with van der Waals surface area (Å²) in [5.41, 5.74) is 5.54. The molecule has 32 heavy (non-hydrogen) atoms. The Morgan fingerprint density at radius 2 is 1.72 bits per heavy atom. The Labute approximate surface area is 185 Å². The van der Waals surface area contributed by atoms with Gasteiger partial charge in [0.1, 0.15) is 12.3 Å². The Hall–Kier alpha value is -4.26. The number of hydrogen-bond donors (Lipinski definition) is 1. The van der Waals surface area contributed by atoms with E-state index in [0.717, 1.165) is 27.8 Å². The average molecular weight is 426 g/mol. The number of carbonyl (C=O) groups is 1. The van der Waals surface area contributed by atoms with Gasteiger partial charge in [-0.2, -0.15) is 10.2 Å². The van der Waals surface area contributed by atoms with Crippen molar-refractivity contribution in [1.82, 2.24) is 15.2 Å². The Kier molecular flexibility index (Phi) is 6.07. The lowest BCUT2D eigenvalue weighted by Gasteiger charge is -2.11. The van der Waals surface area contributed by atoms with Crippen molar-refractivity contribution in [2.24, 2.45) is 5.10 Å². The Morgan fingerprint density at radius 3 is 2.41 bits per heavy atom. The van der Waals surface area contributed by atoms with Gasteiger partial charge in [-0.15, -0.1) is 0 Å². The van der Waals surface area contributed by atoms with Gasteiger partial charge < -0.3 is 4.74 Å². The van der Waals surface area contributed by atoms with E-state index in [2.05, 4.69) is 15.6 Å². The summed E-state index contributed by atoms with van der Waals surface area (Å²) in [5, 5.41) is 9.68. The van der Waals surface area contributed by atoms with Crippen LogP contribution >= 0.6 is 0 Å². The highest BCUT2D eigenvalue weighted by atomic mass is 16.5. The zero-order valence-electron chi connectivity index (χ0n) is 17.8. The second-order valence-electron chi connectivity index (χ2n) is 7.29. The number of rotatable bonds is 6. The largest absolute Gasteiger partial charge is 0.497 e. The lowest BCUT2D eigenvalue weighted by molar-refractivity contribution is -0.121. The van der Waals surface area contributed by atoms with Crippen LogP contribution in [0.4, 0.5) is 0 Å². The maximum atomic E-state index is 12.9. The predicted molar refractivity (Wildman–Crippen MR) is 125 cm³/mol. The first kappa shape index (κ1) is 21.0. The lowest BCUT2D eigenvalue weighted by atomic mass is 10.0. The standard InChI is InChI=1S/C25H22N4O3/c1-17-7-9-18(10-8-17)15-26-27-23(30)16-29-25(31)22-6-4-3-5-21(22)24(28-29)19-11-13-20(32-2)14-12-19/h3-15H,16H2,1-2H3,(H,27,30)/b26-15+. The van der Waals surface area contributed by atoms with E-state index in [0.29, 0.717) is 11.1 Å². The van der Waals surface area contributed by atoms with Crippen LogP contribution in [-0.4, -0.2) is 29.0 Å². The molecule has 0 saturated carbocycles. The summed E-state index contributed by atoms with van der Waals surface area (Å²) in [4.78, 5) is 25.4. The number of hydrazone groups is 1. The molecule has 0 atom stereocenters. The molecular formula is C25H22N4O3. The monoisotopic (exact) mass is 426 g/mol. The smallest absolute Gasteiger partial charge is 0.275 e. The molecule has 1 heterocycles. The van der Waals surface area contributed by atoms with Crippen molar-refractivity contribution in [3.63, 3.8) is 0 Å². The second kappa shape index (κ2) is 9.26. The molecule has 160 valence electrons. The van der Waals surface area contributed by atoms with Crippen LogP contribution < -0.4 is 15.7 Å². The van der Waals surface area contributed by atoms with Crippen LogP contribution in [-0.2, 0) is 11.3 Å². The van der Waals surface area contributed by atoms with E-state index >= 15 is 0 Å². The number of amides is 1. The molecule has 4 rings (SSSR count). The van der Waals surface area contributed by atoms with Gasteiger partial charge in [0, 0.05) is 10.9 Å². The number of aryl methyl sites for hydroxylation is 1. The molecule has 0 saturated heterocycles. The van der Waals surface area contributed by atoms with Gasteiger partial charge in [-0.05, 0) is 42.8 Å². The molecule has 0 bridgehead atoms. The van der Waals surface area contributed by atoms with Crippen LogP contribution in [0.1, 0.15) is 11.1 Å².